The highest BCUT2D eigenvalue weighted by Gasteiger charge is 2.29. The van der Waals surface area contributed by atoms with E-state index in [4.69, 9.17) is 4.42 Å². The molecule has 1 atom stereocenters. The molecule has 3 aromatic rings. The van der Waals surface area contributed by atoms with Gasteiger partial charge in [-0.25, -0.2) is 12.8 Å². The van der Waals surface area contributed by atoms with Crippen molar-refractivity contribution >= 4 is 32.9 Å². The van der Waals surface area contributed by atoms with E-state index in [2.05, 4.69) is 4.98 Å². The van der Waals surface area contributed by atoms with E-state index in [0.717, 1.165) is 23.4 Å². The van der Waals surface area contributed by atoms with Crippen LogP contribution in [0.1, 0.15) is 20.3 Å². The molecule has 4 nitrogen and oxygen atoms in total. The van der Waals surface area contributed by atoms with Crippen LogP contribution in [0.4, 0.5) is 4.39 Å². The summed E-state index contributed by atoms with van der Waals surface area (Å²) >= 11 is 2.76. The molecule has 0 N–H and O–H groups in total. The van der Waals surface area contributed by atoms with Gasteiger partial charge in [-0.2, -0.15) is 4.98 Å². The summed E-state index contributed by atoms with van der Waals surface area (Å²) in [5.74, 6) is -0.214. The van der Waals surface area contributed by atoms with Gasteiger partial charge in [-0.3, -0.25) is 0 Å². The Morgan fingerprint density at radius 2 is 2.00 bits per heavy atom. The highest BCUT2D eigenvalue weighted by Crippen LogP contribution is 2.38. The number of aromatic nitrogens is 1. The fraction of sp³-hybridized carbons (Fsp3) is 0.235. The van der Waals surface area contributed by atoms with Gasteiger partial charge in [0.05, 0.1) is 9.77 Å². The molecule has 0 aliphatic heterocycles. The molecule has 0 bridgehead atoms. The third kappa shape index (κ3) is 3.80. The Morgan fingerprint density at radius 3 is 2.60 bits per heavy atom. The molecule has 0 spiro atoms. The van der Waals surface area contributed by atoms with Crippen molar-refractivity contribution in [2.45, 2.75) is 40.5 Å². The maximum absolute atomic E-state index is 13.1. The van der Waals surface area contributed by atoms with Crippen molar-refractivity contribution < 1.29 is 17.2 Å². The van der Waals surface area contributed by atoms with Gasteiger partial charge in [0, 0.05) is 5.25 Å². The normalized spacial score (nSPS) is 13.1. The van der Waals surface area contributed by atoms with E-state index in [0.29, 0.717) is 0 Å². The minimum Gasteiger partial charge on any atom is -0.428 e. The van der Waals surface area contributed by atoms with Crippen LogP contribution in [0.3, 0.4) is 0 Å². The largest absolute Gasteiger partial charge is 0.428 e. The molecular weight excluding hydrogens is 381 g/mol. The van der Waals surface area contributed by atoms with Crippen molar-refractivity contribution in [2.24, 2.45) is 0 Å². The molecule has 0 unspecified atom stereocenters. The molecule has 0 saturated heterocycles. The van der Waals surface area contributed by atoms with Gasteiger partial charge in [0.1, 0.15) is 5.82 Å². The van der Waals surface area contributed by atoms with Crippen LogP contribution in [0.25, 0.3) is 10.8 Å². The molecule has 0 aliphatic carbocycles. The summed E-state index contributed by atoms with van der Waals surface area (Å²) in [5, 5.41) is 2.19. The summed E-state index contributed by atoms with van der Waals surface area (Å²) in [7, 11) is -3.90. The molecule has 0 aliphatic rings. The first-order chi connectivity index (χ1) is 11.9. The summed E-state index contributed by atoms with van der Waals surface area (Å²) in [4.78, 5) is 5.00. The molecule has 0 amide bonds. The zero-order valence-electron chi connectivity index (χ0n) is 13.6. The van der Waals surface area contributed by atoms with Crippen LogP contribution in [-0.2, 0) is 9.84 Å². The fourth-order valence-electron chi connectivity index (χ4n) is 2.03. The van der Waals surface area contributed by atoms with Crippen LogP contribution >= 0.6 is 23.1 Å². The summed E-state index contributed by atoms with van der Waals surface area (Å²) in [6, 6.07) is 8.38. The number of thiophene rings is 1. The van der Waals surface area contributed by atoms with Crippen molar-refractivity contribution in [3.8, 4) is 10.8 Å². The summed E-state index contributed by atoms with van der Waals surface area (Å²) in [6.45, 7) is 4.01. The Hall–Kier alpha value is -1.64. The topological polar surface area (TPSA) is 60.2 Å². The van der Waals surface area contributed by atoms with E-state index in [1.165, 1.54) is 35.2 Å². The Bertz CT molecular complexity index is 948. The Labute approximate surface area is 154 Å². The Morgan fingerprint density at radius 1 is 1.28 bits per heavy atom. The van der Waals surface area contributed by atoms with Crippen LogP contribution in [0.5, 0.6) is 0 Å². The molecule has 132 valence electrons. The van der Waals surface area contributed by atoms with Gasteiger partial charge in [-0.15, -0.1) is 11.3 Å². The smallest absolute Gasteiger partial charge is 0.238 e. The van der Waals surface area contributed by atoms with Crippen LogP contribution < -0.4 is 0 Å². The van der Waals surface area contributed by atoms with Crippen molar-refractivity contribution in [1.82, 2.24) is 4.98 Å². The van der Waals surface area contributed by atoms with E-state index in [1.54, 1.807) is 0 Å². The molecule has 3 rings (SSSR count). The van der Waals surface area contributed by atoms with Gasteiger partial charge < -0.3 is 4.42 Å². The minimum absolute atomic E-state index is 0.00840. The van der Waals surface area contributed by atoms with Gasteiger partial charge in [-0.1, -0.05) is 31.7 Å². The Balaban J connectivity index is 2.10. The number of hydrogen-bond donors (Lipinski definition) is 0. The number of nitrogens with zero attached hydrogens (tertiary/aromatic N) is 1. The van der Waals surface area contributed by atoms with Crippen molar-refractivity contribution in [1.29, 1.82) is 0 Å². The fourth-order valence-corrected chi connectivity index (χ4v) is 5.14. The number of oxazole rings is 1. The lowest BCUT2D eigenvalue weighted by Gasteiger charge is -2.07. The minimum atomic E-state index is -3.90. The van der Waals surface area contributed by atoms with Gasteiger partial charge in [-0.05, 0) is 42.1 Å². The number of hydrogen-bond acceptors (Lipinski definition) is 6. The zero-order valence-corrected chi connectivity index (χ0v) is 16.1. The lowest BCUT2D eigenvalue weighted by Crippen LogP contribution is -2.05. The monoisotopic (exact) mass is 397 g/mol. The van der Waals surface area contributed by atoms with E-state index < -0.39 is 15.7 Å². The predicted molar refractivity (Wildman–Crippen MR) is 97.3 cm³/mol. The molecule has 8 heteroatoms. The van der Waals surface area contributed by atoms with Crippen molar-refractivity contribution in [3.63, 3.8) is 0 Å². The Kier molecular flexibility index (Phi) is 5.31. The molecule has 0 saturated carbocycles. The summed E-state index contributed by atoms with van der Waals surface area (Å²) in [5.41, 5.74) is 0. The van der Waals surface area contributed by atoms with Gasteiger partial charge in [0.2, 0.25) is 25.8 Å². The van der Waals surface area contributed by atoms with Crippen molar-refractivity contribution in [2.75, 3.05) is 0 Å². The van der Waals surface area contributed by atoms with Crippen LogP contribution in [-0.4, -0.2) is 18.7 Å². The molecule has 0 radical (unpaired) electrons. The van der Waals surface area contributed by atoms with Crippen LogP contribution in [0, 0.1) is 5.82 Å². The average Bonchev–Trinajstić information content (AvgIpc) is 3.24. The third-order valence-electron chi connectivity index (χ3n) is 3.56. The maximum Gasteiger partial charge on any atom is 0.238 e. The highest BCUT2D eigenvalue weighted by atomic mass is 32.2. The molecule has 0 fully saturated rings. The lowest BCUT2D eigenvalue weighted by atomic mass is 10.4. The number of benzene rings is 1. The highest BCUT2D eigenvalue weighted by molar-refractivity contribution is 8.00. The zero-order chi connectivity index (χ0) is 18.0. The van der Waals surface area contributed by atoms with Crippen LogP contribution in [0.2, 0.25) is 0 Å². The lowest BCUT2D eigenvalue weighted by molar-refractivity contribution is 0.470. The first-order valence-electron chi connectivity index (χ1n) is 7.64. The predicted octanol–water partition coefficient (Wildman–Crippen LogP) is 5.27. The third-order valence-corrected chi connectivity index (χ3v) is 7.45. The second kappa shape index (κ2) is 7.31. The number of thioether (sulfide) groups is 1. The first-order valence-corrected chi connectivity index (χ1v) is 10.9. The van der Waals surface area contributed by atoms with E-state index >= 15 is 0 Å². The van der Waals surface area contributed by atoms with E-state index in [-0.39, 0.29) is 26.2 Å². The summed E-state index contributed by atoms with van der Waals surface area (Å²) < 4.78 is 44.8. The second-order valence-corrected chi connectivity index (χ2v) is 9.61. The van der Waals surface area contributed by atoms with Crippen LogP contribution in [0.15, 0.2) is 61.2 Å². The van der Waals surface area contributed by atoms with Crippen molar-refractivity contribution in [3.05, 3.63) is 47.6 Å². The SMILES string of the molecule is CC[C@H](C)Sc1oc(-c2cccs2)nc1S(=O)(=O)c1ccc(F)cc1. The molecule has 1 aromatic carbocycles. The molecular formula is C17H16FNO3S3. The molecule has 2 heterocycles. The van der Waals surface area contributed by atoms with Gasteiger partial charge in [0.25, 0.3) is 0 Å². The van der Waals surface area contributed by atoms with Gasteiger partial charge in [0.15, 0.2) is 0 Å². The maximum atomic E-state index is 13.1. The quantitative estimate of drug-likeness (QED) is 0.419. The number of rotatable bonds is 6. The van der Waals surface area contributed by atoms with E-state index in [9.17, 15) is 12.8 Å². The second-order valence-electron chi connectivity index (χ2n) is 5.38. The standard InChI is InChI=1S/C17H16FNO3S3/c1-3-11(2)24-17-16(19-15(22-17)14-5-4-10-23-14)25(20,21)13-8-6-12(18)7-9-13/h4-11H,3H2,1-2H3/t11-/m0/s1. The number of halogens is 1. The first kappa shape index (κ1) is 18.2. The summed E-state index contributed by atoms with van der Waals surface area (Å²) in [6.07, 6.45) is 0.857. The number of sulfone groups is 1. The molecule has 25 heavy (non-hydrogen) atoms. The average molecular weight is 398 g/mol. The van der Waals surface area contributed by atoms with Gasteiger partial charge >= 0.3 is 0 Å². The van der Waals surface area contributed by atoms with E-state index in [1.807, 2.05) is 31.4 Å². The molecule has 2 aromatic heterocycles.